The second-order valence-electron chi connectivity index (χ2n) is 4.98. The molecule has 3 heteroatoms. The molecule has 3 nitrogen and oxygen atoms in total. The maximum absolute atomic E-state index is 6.03. The van der Waals surface area contributed by atoms with Gasteiger partial charge in [-0.1, -0.05) is 6.92 Å². The molecule has 0 spiro atoms. The summed E-state index contributed by atoms with van der Waals surface area (Å²) in [4.78, 5) is 2.60. The number of ether oxygens (including phenoxy) is 1. The minimum Gasteiger partial charge on any atom is -0.378 e. The smallest absolute Gasteiger partial charge is 0.0587 e. The fraction of sp³-hybridized carbons (Fsp3) is 1.00. The van der Waals surface area contributed by atoms with Crippen LogP contribution in [0.5, 0.6) is 0 Å². The molecular formula is C12H24N2O. The maximum Gasteiger partial charge on any atom is 0.0587 e. The predicted octanol–water partition coefficient (Wildman–Crippen LogP) is 1.37. The number of hydrogen-bond acceptors (Lipinski definition) is 3. The van der Waals surface area contributed by atoms with Gasteiger partial charge in [0.1, 0.15) is 0 Å². The van der Waals surface area contributed by atoms with Gasteiger partial charge >= 0.3 is 0 Å². The third kappa shape index (κ3) is 2.92. The van der Waals surface area contributed by atoms with Crippen molar-refractivity contribution in [1.82, 2.24) is 4.90 Å². The molecule has 3 atom stereocenters. The fourth-order valence-corrected chi connectivity index (χ4v) is 2.85. The Hall–Kier alpha value is -0.120. The zero-order valence-electron chi connectivity index (χ0n) is 9.82. The first-order chi connectivity index (χ1) is 7.29. The lowest BCUT2D eigenvalue weighted by Crippen LogP contribution is -2.50. The Balaban J connectivity index is 1.86. The molecule has 0 aromatic rings. The quantitative estimate of drug-likeness (QED) is 0.751. The molecule has 0 radical (unpaired) electrons. The van der Waals surface area contributed by atoms with Crippen LogP contribution in [0.1, 0.15) is 39.0 Å². The van der Waals surface area contributed by atoms with E-state index < -0.39 is 0 Å². The highest BCUT2D eigenvalue weighted by Gasteiger charge is 2.28. The average molecular weight is 212 g/mol. The molecule has 2 rings (SSSR count). The highest BCUT2D eigenvalue weighted by molar-refractivity contribution is 4.84. The third-order valence-corrected chi connectivity index (χ3v) is 3.80. The molecule has 0 amide bonds. The lowest BCUT2D eigenvalue weighted by molar-refractivity contribution is -0.0331. The Morgan fingerprint density at radius 1 is 1.40 bits per heavy atom. The van der Waals surface area contributed by atoms with E-state index in [-0.39, 0.29) is 0 Å². The van der Waals surface area contributed by atoms with Gasteiger partial charge in [-0.2, -0.15) is 0 Å². The van der Waals surface area contributed by atoms with Crippen LogP contribution in [0.3, 0.4) is 0 Å². The molecule has 0 saturated carbocycles. The standard InChI is InChI=1S/C12H24N2O/c1-2-12-8-11(5-7-15-12)14-6-3-4-10(13)9-14/h10-12H,2-9,13H2,1H3. The molecule has 0 aromatic carbocycles. The van der Waals surface area contributed by atoms with E-state index in [0.29, 0.717) is 12.1 Å². The second kappa shape index (κ2) is 5.28. The van der Waals surface area contributed by atoms with E-state index in [1.807, 2.05) is 0 Å². The van der Waals surface area contributed by atoms with Gasteiger partial charge in [0.2, 0.25) is 0 Å². The highest BCUT2D eigenvalue weighted by atomic mass is 16.5. The minimum atomic E-state index is 0.404. The van der Waals surface area contributed by atoms with E-state index in [0.717, 1.165) is 25.6 Å². The van der Waals surface area contributed by atoms with Crippen LogP contribution in [0.25, 0.3) is 0 Å². The molecule has 2 N–H and O–H groups in total. The first-order valence-corrected chi connectivity index (χ1v) is 6.40. The Morgan fingerprint density at radius 3 is 3.00 bits per heavy atom. The predicted molar refractivity (Wildman–Crippen MR) is 61.8 cm³/mol. The Kier molecular flexibility index (Phi) is 4.00. The topological polar surface area (TPSA) is 38.5 Å². The molecular weight excluding hydrogens is 188 g/mol. The minimum absolute atomic E-state index is 0.404. The Bertz CT molecular complexity index is 198. The summed E-state index contributed by atoms with van der Waals surface area (Å²) in [7, 11) is 0. The zero-order chi connectivity index (χ0) is 10.7. The SMILES string of the molecule is CCC1CC(N2CCCC(N)C2)CCO1. The van der Waals surface area contributed by atoms with Crippen LogP contribution in [0, 0.1) is 0 Å². The van der Waals surface area contributed by atoms with Crippen LogP contribution in [0.2, 0.25) is 0 Å². The number of rotatable bonds is 2. The molecule has 2 fully saturated rings. The van der Waals surface area contributed by atoms with Crippen LogP contribution >= 0.6 is 0 Å². The normalized spacial score (nSPS) is 39.2. The van der Waals surface area contributed by atoms with Gasteiger partial charge in [-0.15, -0.1) is 0 Å². The highest BCUT2D eigenvalue weighted by Crippen LogP contribution is 2.23. The van der Waals surface area contributed by atoms with Crippen molar-refractivity contribution in [3.63, 3.8) is 0 Å². The molecule has 2 saturated heterocycles. The molecule has 2 heterocycles. The van der Waals surface area contributed by atoms with Gasteiger partial charge in [0.15, 0.2) is 0 Å². The van der Waals surface area contributed by atoms with Gasteiger partial charge < -0.3 is 10.5 Å². The van der Waals surface area contributed by atoms with Gasteiger partial charge in [-0.05, 0) is 38.6 Å². The van der Waals surface area contributed by atoms with Crippen LogP contribution in [0.15, 0.2) is 0 Å². The second-order valence-corrected chi connectivity index (χ2v) is 4.98. The van der Waals surface area contributed by atoms with Gasteiger partial charge in [0, 0.05) is 25.2 Å². The first-order valence-electron chi connectivity index (χ1n) is 6.40. The summed E-state index contributed by atoms with van der Waals surface area (Å²) in [6.07, 6.45) is 6.52. The van der Waals surface area contributed by atoms with E-state index in [1.54, 1.807) is 0 Å². The van der Waals surface area contributed by atoms with Crippen molar-refractivity contribution in [2.24, 2.45) is 5.73 Å². The Labute approximate surface area is 93.0 Å². The molecule has 0 aliphatic carbocycles. The Morgan fingerprint density at radius 2 is 2.27 bits per heavy atom. The first kappa shape index (κ1) is 11.4. The monoisotopic (exact) mass is 212 g/mol. The molecule has 15 heavy (non-hydrogen) atoms. The summed E-state index contributed by atoms with van der Waals surface area (Å²) in [6, 6.07) is 1.14. The molecule has 3 unspecified atom stereocenters. The van der Waals surface area contributed by atoms with Gasteiger partial charge in [-0.3, -0.25) is 4.90 Å². The van der Waals surface area contributed by atoms with Crippen molar-refractivity contribution >= 4 is 0 Å². The fourth-order valence-electron chi connectivity index (χ4n) is 2.85. The van der Waals surface area contributed by atoms with Gasteiger partial charge in [0.25, 0.3) is 0 Å². The van der Waals surface area contributed by atoms with E-state index in [2.05, 4.69) is 11.8 Å². The largest absolute Gasteiger partial charge is 0.378 e. The lowest BCUT2D eigenvalue weighted by Gasteiger charge is -2.41. The van der Waals surface area contributed by atoms with E-state index in [9.17, 15) is 0 Å². The van der Waals surface area contributed by atoms with Crippen LogP contribution in [-0.4, -0.2) is 42.8 Å². The van der Waals surface area contributed by atoms with Crippen LogP contribution < -0.4 is 5.73 Å². The van der Waals surface area contributed by atoms with Crippen molar-refractivity contribution in [2.45, 2.75) is 57.2 Å². The zero-order valence-corrected chi connectivity index (χ0v) is 9.82. The van der Waals surface area contributed by atoms with Gasteiger partial charge in [-0.25, -0.2) is 0 Å². The third-order valence-electron chi connectivity index (χ3n) is 3.80. The van der Waals surface area contributed by atoms with Crippen molar-refractivity contribution in [3.05, 3.63) is 0 Å². The maximum atomic E-state index is 6.03. The summed E-state index contributed by atoms with van der Waals surface area (Å²) in [5.74, 6) is 0. The molecule has 0 bridgehead atoms. The lowest BCUT2D eigenvalue weighted by atomic mass is 9.96. The van der Waals surface area contributed by atoms with Crippen molar-refractivity contribution in [1.29, 1.82) is 0 Å². The van der Waals surface area contributed by atoms with Gasteiger partial charge in [0.05, 0.1) is 6.10 Å². The number of nitrogens with two attached hydrogens (primary N) is 1. The summed E-state index contributed by atoms with van der Waals surface area (Å²) in [5, 5.41) is 0. The van der Waals surface area contributed by atoms with Crippen molar-refractivity contribution < 1.29 is 4.74 Å². The number of likely N-dealkylation sites (tertiary alicyclic amines) is 1. The van der Waals surface area contributed by atoms with E-state index in [4.69, 9.17) is 10.5 Å². The molecule has 0 aromatic heterocycles. The number of piperidine rings is 1. The van der Waals surface area contributed by atoms with Crippen molar-refractivity contribution in [2.75, 3.05) is 19.7 Å². The van der Waals surface area contributed by atoms with Crippen LogP contribution in [0.4, 0.5) is 0 Å². The molecule has 2 aliphatic rings. The van der Waals surface area contributed by atoms with E-state index in [1.165, 1.54) is 32.2 Å². The summed E-state index contributed by atoms with van der Waals surface area (Å²) < 4.78 is 5.72. The average Bonchev–Trinajstić information content (AvgIpc) is 2.29. The number of nitrogens with zero attached hydrogens (tertiary/aromatic N) is 1. The van der Waals surface area contributed by atoms with Crippen molar-refractivity contribution in [3.8, 4) is 0 Å². The number of hydrogen-bond donors (Lipinski definition) is 1. The summed E-state index contributed by atoms with van der Waals surface area (Å²) in [5.41, 5.74) is 6.03. The molecule has 88 valence electrons. The molecule has 2 aliphatic heterocycles. The van der Waals surface area contributed by atoms with Crippen LogP contribution in [-0.2, 0) is 4.74 Å². The summed E-state index contributed by atoms with van der Waals surface area (Å²) in [6.45, 7) is 5.50. The van der Waals surface area contributed by atoms with E-state index >= 15 is 0 Å². The summed E-state index contributed by atoms with van der Waals surface area (Å²) >= 11 is 0.